The van der Waals surface area contributed by atoms with E-state index >= 15 is 0 Å². The van der Waals surface area contributed by atoms with Gasteiger partial charge in [0.2, 0.25) is 0 Å². The van der Waals surface area contributed by atoms with Crippen molar-refractivity contribution in [1.82, 2.24) is 19.5 Å². The number of benzene rings is 1. The Morgan fingerprint density at radius 2 is 1.85 bits per heavy atom. The molecule has 14 heteroatoms. The number of alkyl halides is 3. The number of aromatic nitrogens is 3. The Morgan fingerprint density at radius 1 is 1.12 bits per heavy atom. The normalized spacial score (nSPS) is 11.4. The van der Waals surface area contributed by atoms with E-state index in [0.29, 0.717) is 16.5 Å². The molecule has 0 bridgehead atoms. The van der Waals surface area contributed by atoms with Gasteiger partial charge >= 0.3 is 6.18 Å². The second kappa shape index (κ2) is 10.2. The molecule has 0 spiro atoms. The molecule has 3 rings (SSSR count). The number of halogens is 6. The van der Waals surface area contributed by atoms with Crippen LogP contribution in [0.4, 0.5) is 18.9 Å². The fourth-order valence-corrected chi connectivity index (χ4v) is 3.75. The fraction of sp³-hybridized carbons (Fsp3) is 0.158. The van der Waals surface area contributed by atoms with Crippen molar-refractivity contribution in [1.29, 1.82) is 0 Å². The van der Waals surface area contributed by atoms with Gasteiger partial charge in [0.25, 0.3) is 11.8 Å². The number of hydrogen-bond acceptors (Lipinski definition) is 5. The van der Waals surface area contributed by atoms with Crippen molar-refractivity contribution >= 4 is 64.3 Å². The highest BCUT2D eigenvalue weighted by molar-refractivity contribution is 7.97. The molecule has 1 aromatic carbocycles. The molecule has 3 aromatic rings. The molecule has 2 aromatic heterocycles. The molecule has 0 aliphatic rings. The quantitative estimate of drug-likeness (QED) is 0.382. The van der Waals surface area contributed by atoms with Crippen molar-refractivity contribution in [2.75, 3.05) is 11.1 Å². The second-order valence-electron chi connectivity index (χ2n) is 6.26. The standard InChI is InChI=1S/C19H13Cl3F3N5O2S/c1-2-33-29-17(31)10-6-9(20)7-12(22)15(10)27-18(32)13-8-14(19(23,24)25)28-30(13)16-11(21)4-3-5-26-16/h3-8H,2H2,1H3,(H,27,32)(H,29,31). The highest BCUT2D eigenvalue weighted by Crippen LogP contribution is 2.33. The van der Waals surface area contributed by atoms with Crippen LogP contribution in [0.5, 0.6) is 0 Å². The van der Waals surface area contributed by atoms with Gasteiger partial charge in [-0.25, -0.2) is 9.67 Å². The summed E-state index contributed by atoms with van der Waals surface area (Å²) >= 11 is 19.3. The van der Waals surface area contributed by atoms with Crippen molar-refractivity contribution in [3.8, 4) is 5.82 Å². The van der Waals surface area contributed by atoms with Gasteiger partial charge in [-0.05, 0) is 24.3 Å². The summed E-state index contributed by atoms with van der Waals surface area (Å²) in [6.45, 7) is 1.81. The van der Waals surface area contributed by atoms with E-state index in [4.69, 9.17) is 34.8 Å². The van der Waals surface area contributed by atoms with Crippen molar-refractivity contribution in [2.45, 2.75) is 13.1 Å². The molecule has 0 aliphatic carbocycles. The van der Waals surface area contributed by atoms with E-state index in [1.54, 1.807) is 6.92 Å². The maximum atomic E-state index is 13.3. The van der Waals surface area contributed by atoms with Gasteiger partial charge in [0.1, 0.15) is 5.69 Å². The molecule has 7 nitrogen and oxygen atoms in total. The zero-order valence-electron chi connectivity index (χ0n) is 16.5. The van der Waals surface area contributed by atoms with E-state index in [9.17, 15) is 22.8 Å². The van der Waals surface area contributed by atoms with Crippen molar-refractivity contribution in [3.63, 3.8) is 0 Å². The number of carbonyl (C=O) groups excluding carboxylic acids is 2. The first-order chi connectivity index (χ1) is 15.5. The summed E-state index contributed by atoms with van der Waals surface area (Å²) in [7, 11) is 0. The first-order valence-corrected chi connectivity index (χ1v) is 11.2. The van der Waals surface area contributed by atoms with Gasteiger partial charge < -0.3 is 5.32 Å². The topological polar surface area (TPSA) is 88.9 Å². The molecule has 33 heavy (non-hydrogen) atoms. The summed E-state index contributed by atoms with van der Waals surface area (Å²) in [4.78, 5) is 29.5. The lowest BCUT2D eigenvalue weighted by Gasteiger charge is -2.14. The molecular weight excluding hydrogens is 526 g/mol. The van der Waals surface area contributed by atoms with E-state index in [1.807, 2.05) is 0 Å². The minimum absolute atomic E-state index is 0.0374. The molecule has 174 valence electrons. The molecule has 0 aliphatic heterocycles. The van der Waals surface area contributed by atoms with Crippen LogP contribution in [0.25, 0.3) is 5.82 Å². The molecule has 2 heterocycles. The SMILES string of the molecule is CCSNC(=O)c1cc(Cl)cc(Cl)c1NC(=O)c1cc(C(F)(F)F)nn1-c1ncccc1Cl. The van der Waals surface area contributed by atoms with E-state index in [2.05, 4.69) is 20.1 Å². The number of rotatable bonds is 6. The highest BCUT2D eigenvalue weighted by Gasteiger charge is 2.37. The van der Waals surface area contributed by atoms with Crippen LogP contribution in [-0.4, -0.2) is 32.3 Å². The number of carbonyl (C=O) groups is 2. The van der Waals surface area contributed by atoms with Crippen LogP contribution in [0.3, 0.4) is 0 Å². The van der Waals surface area contributed by atoms with Gasteiger partial charge in [0.05, 0.1) is 21.3 Å². The van der Waals surface area contributed by atoms with Gasteiger partial charge in [-0.2, -0.15) is 18.3 Å². The maximum absolute atomic E-state index is 13.3. The molecule has 0 atom stereocenters. The summed E-state index contributed by atoms with van der Waals surface area (Å²) < 4.78 is 43.2. The molecule has 0 saturated carbocycles. The van der Waals surface area contributed by atoms with Crippen molar-refractivity contribution in [3.05, 3.63) is 68.5 Å². The highest BCUT2D eigenvalue weighted by atomic mass is 35.5. The number of anilines is 1. The second-order valence-corrected chi connectivity index (χ2v) is 8.58. The van der Waals surface area contributed by atoms with Crippen LogP contribution in [0.1, 0.15) is 33.5 Å². The Labute approximate surface area is 204 Å². The van der Waals surface area contributed by atoms with Crippen LogP contribution < -0.4 is 10.0 Å². The zero-order chi connectivity index (χ0) is 24.3. The third-order valence-electron chi connectivity index (χ3n) is 4.02. The number of nitrogens with one attached hydrogen (secondary N) is 2. The summed E-state index contributed by atoms with van der Waals surface area (Å²) in [6.07, 6.45) is -3.57. The van der Waals surface area contributed by atoms with E-state index in [0.717, 1.165) is 11.9 Å². The minimum Gasteiger partial charge on any atom is -0.319 e. The molecule has 0 saturated heterocycles. The van der Waals surface area contributed by atoms with E-state index in [-0.39, 0.29) is 32.1 Å². The van der Waals surface area contributed by atoms with Crippen LogP contribution in [0, 0.1) is 0 Å². The lowest BCUT2D eigenvalue weighted by molar-refractivity contribution is -0.141. The van der Waals surface area contributed by atoms with Gasteiger partial charge in [-0.15, -0.1) is 0 Å². The van der Waals surface area contributed by atoms with Crippen LogP contribution in [-0.2, 0) is 6.18 Å². The Balaban J connectivity index is 2.08. The maximum Gasteiger partial charge on any atom is 0.435 e. The molecule has 0 radical (unpaired) electrons. The Hall–Kier alpha value is -2.47. The first-order valence-electron chi connectivity index (χ1n) is 9.03. The monoisotopic (exact) mass is 537 g/mol. The Morgan fingerprint density at radius 3 is 2.48 bits per heavy atom. The number of pyridine rings is 1. The fourth-order valence-electron chi connectivity index (χ4n) is 2.63. The van der Waals surface area contributed by atoms with Crippen molar-refractivity contribution in [2.24, 2.45) is 0 Å². The molecule has 2 amide bonds. The minimum atomic E-state index is -4.85. The lowest BCUT2D eigenvalue weighted by Crippen LogP contribution is -2.22. The van der Waals surface area contributed by atoms with Crippen LogP contribution >= 0.6 is 46.8 Å². The molecule has 2 N–H and O–H groups in total. The van der Waals surface area contributed by atoms with Gasteiger partial charge in [-0.3, -0.25) is 14.3 Å². The summed E-state index contributed by atoms with van der Waals surface area (Å²) in [5, 5.41) is 5.82. The molecule has 0 fully saturated rings. The van der Waals surface area contributed by atoms with Gasteiger partial charge in [0.15, 0.2) is 11.5 Å². The van der Waals surface area contributed by atoms with Crippen molar-refractivity contribution < 1.29 is 22.8 Å². The lowest BCUT2D eigenvalue weighted by atomic mass is 10.1. The summed E-state index contributed by atoms with van der Waals surface area (Å²) in [5.74, 6) is -1.29. The number of amides is 2. The average molecular weight is 539 g/mol. The van der Waals surface area contributed by atoms with Crippen LogP contribution in [0.15, 0.2) is 36.5 Å². The molecular formula is C19H13Cl3F3N5O2S. The Bertz CT molecular complexity index is 1220. The predicted octanol–water partition coefficient (Wildman–Crippen LogP) is 5.90. The summed E-state index contributed by atoms with van der Waals surface area (Å²) in [5.41, 5.74) is -2.11. The Kier molecular flexibility index (Phi) is 7.78. The third-order valence-corrected chi connectivity index (χ3v) is 5.45. The van der Waals surface area contributed by atoms with Gasteiger partial charge in [-0.1, -0.05) is 53.7 Å². The average Bonchev–Trinajstić information content (AvgIpc) is 3.20. The smallest absolute Gasteiger partial charge is 0.319 e. The molecule has 0 unspecified atom stereocenters. The van der Waals surface area contributed by atoms with Gasteiger partial charge in [0, 0.05) is 23.0 Å². The zero-order valence-corrected chi connectivity index (χ0v) is 19.6. The number of hydrogen-bond donors (Lipinski definition) is 2. The predicted molar refractivity (Wildman–Crippen MR) is 121 cm³/mol. The first kappa shape index (κ1) is 25.2. The largest absolute Gasteiger partial charge is 0.435 e. The number of nitrogens with zero attached hydrogens (tertiary/aromatic N) is 3. The van der Waals surface area contributed by atoms with Crippen LogP contribution in [0.2, 0.25) is 15.1 Å². The van der Waals surface area contributed by atoms with E-state index in [1.165, 1.54) is 30.5 Å². The van der Waals surface area contributed by atoms with E-state index < -0.39 is 29.4 Å². The summed E-state index contributed by atoms with van der Waals surface area (Å²) in [6, 6.07) is 5.92. The third kappa shape index (κ3) is 5.72.